The lowest BCUT2D eigenvalue weighted by Crippen LogP contribution is -2.30. The second kappa shape index (κ2) is 9.91. The van der Waals surface area contributed by atoms with Gasteiger partial charge in [0.05, 0.1) is 0 Å². The number of fused-ring (bicyclic) bond motifs is 1. The van der Waals surface area contributed by atoms with Crippen LogP contribution in [0.5, 0.6) is 0 Å². The summed E-state index contributed by atoms with van der Waals surface area (Å²) in [5, 5.41) is 8.52. The number of carbonyl (C=O) groups excluding carboxylic acids is 1. The van der Waals surface area contributed by atoms with Gasteiger partial charge < -0.3 is 10.2 Å². The van der Waals surface area contributed by atoms with Crippen LogP contribution >= 0.6 is 12.1 Å². The highest BCUT2D eigenvalue weighted by Gasteiger charge is 2.23. The maximum absolute atomic E-state index is 13.3. The van der Waals surface area contributed by atoms with Crippen molar-refractivity contribution in [2.45, 2.75) is 33.4 Å². The van der Waals surface area contributed by atoms with E-state index in [2.05, 4.69) is 15.7 Å². The highest BCUT2D eigenvalue weighted by atomic mass is 32.2. The summed E-state index contributed by atoms with van der Waals surface area (Å²) in [5.74, 6) is -0.267. The smallest absolute Gasteiger partial charge is 0.316 e. The van der Waals surface area contributed by atoms with Crippen LogP contribution in [0.25, 0.3) is 5.57 Å². The van der Waals surface area contributed by atoms with Gasteiger partial charge >= 0.3 is 6.03 Å². The van der Waals surface area contributed by atoms with Gasteiger partial charge in [-0.15, -0.1) is 0 Å². The van der Waals surface area contributed by atoms with E-state index >= 15 is 0 Å². The van der Waals surface area contributed by atoms with E-state index < -0.39 is 0 Å². The minimum atomic E-state index is -0.267. The predicted molar refractivity (Wildman–Crippen MR) is 118 cm³/mol. The van der Waals surface area contributed by atoms with Gasteiger partial charge in [-0.25, -0.2) is 13.5 Å². The molecule has 0 atom stereocenters. The molecule has 0 spiro atoms. The van der Waals surface area contributed by atoms with E-state index in [1.807, 2.05) is 38.1 Å². The Balaban J connectivity index is 0.00000117. The second-order valence-corrected chi connectivity index (χ2v) is 7.48. The topological polar surface area (TPSA) is 61.6 Å². The molecule has 2 aromatic rings. The van der Waals surface area contributed by atoms with Crippen LogP contribution in [0, 0.1) is 5.82 Å². The zero-order valence-corrected chi connectivity index (χ0v) is 17.6. The first-order chi connectivity index (χ1) is 14.1. The molecule has 5 nitrogen and oxygen atoms in total. The van der Waals surface area contributed by atoms with Crippen LogP contribution in [0.15, 0.2) is 48.5 Å². The largest absolute Gasteiger partial charge is 0.322 e. The van der Waals surface area contributed by atoms with Gasteiger partial charge in [0, 0.05) is 44.0 Å². The summed E-state index contributed by atoms with van der Waals surface area (Å²) in [6, 6.07) is 12.4. The van der Waals surface area contributed by atoms with Crippen LogP contribution in [0.3, 0.4) is 0 Å². The zero-order valence-electron chi connectivity index (χ0n) is 16.8. The van der Waals surface area contributed by atoms with Gasteiger partial charge in [-0.3, -0.25) is 5.14 Å². The van der Waals surface area contributed by atoms with Gasteiger partial charge in [0.25, 0.3) is 0 Å². The van der Waals surface area contributed by atoms with Crippen molar-refractivity contribution in [3.8, 4) is 0 Å². The lowest BCUT2D eigenvalue weighted by molar-refractivity contribution is 0.212. The van der Waals surface area contributed by atoms with E-state index in [4.69, 9.17) is 5.14 Å². The Bertz CT molecular complexity index is 885. The summed E-state index contributed by atoms with van der Waals surface area (Å²) in [5.41, 5.74) is 5.08. The van der Waals surface area contributed by atoms with Crippen LogP contribution in [0.4, 0.5) is 14.9 Å². The molecule has 0 fully saturated rings. The molecule has 0 saturated heterocycles. The third-order valence-electron chi connectivity index (χ3n) is 5.01. The Hall–Kier alpha value is -2.35. The second-order valence-electron chi connectivity index (χ2n) is 6.75. The number of benzene rings is 2. The zero-order chi connectivity index (χ0) is 20.8. The summed E-state index contributed by atoms with van der Waals surface area (Å²) in [6.07, 6.45) is 3.15. The number of nitrogens with one attached hydrogen (secondary N) is 1. The van der Waals surface area contributed by atoms with Gasteiger partial charge in [-0.05, 0) is 52.9 Å². The monoisotopic (exact) mass is 414 g/mol. The first-order valence-corrected chi connectivity index (χ1v) is 10.7. The first kappa shape index (κ1) is 21.4. The van der Waals surface area contributed by atoms with Crippen LogP contribution in [0.1, 0.15) is 37.0 Å². The molecular weight excluding hydrogens is 387 g/mol. The van der Waals surface area contributed by atoms with Gasteiger partial charge in [-0.2, -0.15) is 0 Å². The minimum absolute atomic E-state index is 0.174. The Kier molecular flexibility index (Phi) is 7.30. The van der Waals surface area contributed by atoms with E-state index in [0.29, 0.717) is 13.1 Å². The SMILES string of the molecule is CC.NSN1CC=C(c2ccc(NC(=O)N3Cc4ccc(F)cc4C3)cc2)CC1. The van der Waals surface area contributed by atoms with Gasteiger partial charge in [0.1, 0.15) is 5.82 Å². The molecule has 0 radical (unpaired) electrons. The fraction of sp³-hybridized carbons (Fsp3) is 0.318. The van der Waals surface area contributed by atoms with Gasteiger partial charge in [0.2, 0.25) is 0 Å². The molecular formula is C22H27FN4OS. The summed E-state index contributed by atoms with van der Waals surface area (Å²) in [4.78, 5) is 14.2. The van der Waals surface area contributed by atoms with Crippen LogP contribution in [-0.2, 0) is 13.1 Å². The molecule has 0 saturated carbocycles. The fourth-order valence-electron chi connectivity index (χ4n) is 3.49. The molecule has 2 aromatic carbocycles. The molecule has 29 heavy (non-hydrogen) atoms. The number of nitrogens with zero attached hydrogens (tertiary/aromatic N) is 2. The normalized spacial score (nSPS) is 15.9. The maximum Gasteiger partial charge on any atom is 0.322 e. The number of nitrogens with two attached hydrogens (primary N) is 1. The number of anilines is 1. The number of rotatable bonds is 3. The van der Waals surface area contributed by atoms with Crippen molar-refractivity contribution in [2.24, 2.45) is 5.14 Å². The van der Waals surface area contributed by atoms with E-state index in [9.17, 15) is 9.18 Å². The lowest BCUT2D eigenvalue weighted by Gasteiger charge is -2.23. The molecule has 0 unspecified atom stereocenters. The van der Waals surface area contributed by atoms with E-state index in [1.165, 1.54) is 35.4 Å². The minimum Gasteiger partial charge on any atom is -0.316 e. The quantitative estimate of drug-likeness (QED) is 0.693. The van der Waals surface area contributed by atoms with Crippen LogP contribution in [-0.4, -0.2) is 28.3 Å². The van der Waals surface area contributed by atoms with Crippen molar-refractivity contribution in [3.63, 3.8) is 0 Å². The molecule has 3 N–H and O–H groups in total. The van der Waals surface area contributed by atoms with Gasteiger partial charge in [-0.1, -0.05) is 38.1 Å². The van der Waals surface area contributed by atoms with Crippen molar-refractivity contribution < 1.29 is 9.18 Å². The predicted octanol–water partition coefficient (Wildman–Crippen LogP) is 5.01. The third kappa shape index (κ3) is 5.18. The standard InChI is InChI=1S/C20H21FN4OS.C2H6/c21-18-4-1-16-12-24(13-17(16)11-18)20(26)23-19-5-2-14(3-6-19)15-7-9-25(27-22)10-8-15;1-2/h1-7,11H,8-10,12-13,22H2,(H,23,26);1-2H3. The lowest BCUT2D eigenvalue weighted by atomic mass is 10.0. The average molecular weight is 415 g/mol. The third-order valence-corrected chi connectivity index (χ3v) is 5.64. The Morgan fingerprint density at radius 3 is 2.48 bits per heavy atom. The molecule has 0 aromatic heterocycles. The van der Waals surface area contributed by atoms with Crippen molar-refractivity contribution in [1.29, 1.82) is 0 Å². The summed E-state index contributed by atoms with van der Waals surface area (Å²) < 4.78 is 15.4. The highest BCUT2D eigenvalue weighted by molar-refractivity contribution is 7.94. The molecule has 2 amide bonds. The summed E-state index contributed by atoms with van der Waals surface area (Å²) >= 11 is 1.28. The fourth-order valence-corrected chi connectivity index (χ4v) is 3.84. The first-order valence-electron chi connectivity index (χ1n) is 9.87. The molecule has 0 bridgehead atoms. The average Bonchev–Trinajstić information content (AvgIpc) is 3.19. The molecule has 2 aliphatic heterocycles. The molecule has 4 rings (SSSR count). The number of carbonyl (C=O) groups is 1. The number of hydrogen-bond donors (Lipinski definition) is 2. The van der Waals surface area contributed by atoms with Crippen molar-refractivity contribution >= 4 is 29.4 Å². The van der Waals surface area contributed by atoms with E-state index in [1.54, 1.807) is 11.0 Å². The number of amides is 2. The Morgan fingerprint density at radius 1 is 1.10 bits per heavy atom. The molecule has 7 heteroatoms. The van der Waals surface area contributed by atoms with E-state index in [0.717, 1.165) is 36.3 Å². The van der Waals surface area contributed by atoms with Crippen molar-refractivity contribution in [1.82, 2.24) is 9.21 Å². The van der Waals surface area contributed by atoms with Crippen molar-refractivity contribution in [3.05, 3.63) is 71.0 Å². The summed E-state index contributed by atoms with van der Waals surface area (Å²) in [7, 11) is 0. The van der Waals surface area contributed by atoms with Crippen molar-refractivity contribution in [2.75, 3.05) is 18.4 Å². The molecule has 0 aliphatic carbocycles. The molecule has 154 valence electrons. The number of hydrogen-bond acceptors (Lipinski definition) is 4. The van der Waals surface area contributed by atoms with E-state index in [-0.39, 0.29) is 11.8 Å². The number of urea groups is 1. The maximum atomic E-state index is 13.3. The molecule has 2 heterocycles. The Labute approximate surface area is 176 Å². The van der Waals surface area contributed by atoms with Crippen LogP contribution < -0.4 is 10.5 Å². The highest BCUT2D eigenvalue weighted by Crippen LogP contribution is 2.26. The van der Waals surface area contributed by atoms with Crippen LogP contribution in [0.2, 0.25) is 0 Å². The van der Waals surface area contributed by atoms with Gasteiger partial charge in [0.15, 0.2) is 0 Å². The Morgan fingerprint density at radius 2 is 1.83 bits per heavy atom. The number of halogens is 1. The summed E-state index contributed by atoms with van der Waals surface area (Å²) in [6.45, 7) is 6.70. The molecule has 2 aliphatic rings.